The Bertz CT molecular complexity index is 66.5. The molecule has 0 spiro atoms. The first-order chi connectivity index (χ1) is 2.97. The summed E-state index contributed by atoms with van der Waals surface area (Å²) in [6.07, 6.45) is 2.81. The molecule has 1 saturated carbocycles. The molecule has 2 unspecified atom stereocenters. The van der Waals surface area contributed by atoms with Crippen LogP contribution in [0.4, 0.5) is 0 Å². The summed E-state index contributed by atoms with van der Waals surface area (Å²) in [5.74, 6) is 1.05. The van der Waals surface area contributed by atoms with Gasteiger partial charge >= 0.3 is 0 Å². The van der Waals surface area contributed by atoms with Crippen LogP contribution in [0.3, 0.4) is 0 Å². The summed E-state index contributed by atoms with van der Waals surface area (Å²) in [5, 5.41) is 4.31. The molecule has 0 bridgehead atoms. The van der Waals surface area contributed by atoms with Gasteiger partial charge in [-0.05, 0) is 0 Å². The largest absolute Gasteiger partial charge is 0.659 e. The normalized spacial score (nSPS) is 44.6. The third-order valence-electron chi connectivity index (χ3n) is 1.75. The Morgan fingerprint density at radius 2 is 2.29 bits per heavy atom. The van der Waals surface area contributed by atoms with Gasteiger partial charge in [0.05, 0.1) is 0 Å². The van der Waals surface area contributed by atoms with Crippen LogP contribution in [-0.4, -0.2) is 12.6 Å². The molecule has 2 rings (SSSR count). The quantitative estimate of drug-likeness (QED) is 0.624. The van der Waals surface area contributed by atoms with E-state index < -0.39 is 0 Å². The Hall–Kier alpha value is 0.648. The van der Waals surface area contributed by atoms with Crippen LogP contribution in [0.15, 0.2) is 0 Å². The molecule has 40 valence electrons. The molecule has 1 aliphatic heterocycles. The van der Waals surface area contributed by atoms with Gasteiger partial charge in [0.25, 0.3) is 0 Å². The zero-order valence-electron chi connectivity index (χ0n) is 4.13. The summed E-state index contributed by atoms with van der Waals surface area (Å²) in [5.41, 5.74) is 0. The van der Waals surface area contributed by atoms with Gasteiger partial charge < -0.3 is 5.32 Å². The molecule has 2 aliphatic rings. The van der Waals surface area contributed by atoms with Crippen molar-refractivity contribution in [2.45, 2.75) is 18.9 Å². The van der Waals surface area contributed by atoms with Crippen molar-refractivity contribution >= 4 is 0 Å². The maximum Gasteiger partial charge on any atom is 0 e. The van der Waals surface area contributed by atoms with Crippen LogP contribution in [0.1, 0.15) is 12.8 Å². The molecular weight excluding hydrogens is 258 g/mol. The number of rotatable bonds is 0. The number of hydrogen-bond donors (Lipinski definition) is 0. The van der Waals surface area contributed by atoms with E-state index in [1.807, 2.05) is 0 Å². The Morgan fingerprint density at radius 1 is 1.43 bits per heavy atom. The number of hydrogen-bond acceptors (Lipinski definition) is 0. The van der Waals surface area contributed by atoms with E-state index in [0.29, 0.717) is 0 Å². The van der Waals surface area contributed by atoms with Gasteiger partial charge in [0.1, 0.15) is 0 Å². The van der Waals surface area contributed by atoms with E-state index in [-0.39, 0.29) is 21.1 Å². The van der Waals surface area contributed by atoms with Crippen molar-refractivity contribution in [2.24, 2.45) is 5.92 Å². The van der Waals surface area contributed by atoms with Crippen LogP contribution in [0.5, 0.6) is 0 Å². The van der Waals surface area contributed by atoms with Crippen LogP contribution in [0, 0.1) is 5.92 Å². The minimum Gasteiger partial charge on any atom is -0.659 e. The molecule has 2 heteroatoms. The van der Waals surface area contributed by atoms with Crippen LogP contribution < -0.4 is 0 Å². The summed E-state index contributed by atoms with van der Waals surface area (Å²) in [7, 11) is 0. The number of fused-ring (bicyclic) bond motifs is 1. The molecule has 2 fully saturated rings. The van der Waals surface area contributed by atoms with E-state index in [9.17, 15) is 0 Å². The van der Waals surface area contributed by atoms with Gasteiger partial charge in [0.15, 0.2) is 0 Å². The van der Waals surface area contributed by atoms with Crippen LogP contribution >= 0.6 is 0 Å². The van der Waals surface area contributed by atoms with Gasteiger partial charge in [-0.1, -0.05) is 18.8 Å². The van der Waals surface area contributed by atoms with Crippen molar-refractivity contribution in [3.05, 3.63) is 5.32 Å². The molecule has 1 heterocycles. The van der Waals surface area contributed by atoms with Crippen molar-refractivity contribution in [1.82, 2.24) is 0 Å². The minimum atomic E-state index is 0. The predicted molar refractivity (Wildman–Crippen MR) is 24.7 cm³/mol. The molecule has 1 nitrogen and oxygen atoms in total. The van der Waals surface area contributed by atoms with Gasteiger partial charge in [0, 0.05) is 21.1 Å². The van der Waals surface area contributed by atoms with Gasteiger partial charge in [-0.15, -0.1) is 12.6 Å². The maximum absolute atomic E-state index is 4.31. The van der Waals surface area contributed by atoms with Crippen LogP contribution in [0.25, 0.3) is 5.32 Å². The van der Waals surface area contributed by atoms with E-state index in [0.717, 1.165) is 18.5 Å². The first-order valence-corrected chi connectivity index (χ1v) is 2.63. The van der Waals surface area contributed by atoms with Crippen molar-refractivity contribution < 1.29 is 21.1 Å². The third-order valence-corrected chi connectivity index (χ3v) is 1.75. The first kappa shape index (κ1) is 5.78. The van der Waals surface area contributed by atoms with Gasteiger partial charge in [0.2, 0.25) is 0 Å². The molecule has 0 amide bonds. The van der Waals surface area contributed by atoms with Crippen molar-refractivity contribution in [2.75, 3.05) is 6.54 Å². The summed E-state index contributed by atoms with van der Waals surface area (Å²) < 4.78 is 0. The van der Waals surface area contributed by atoms with E-state index >= 15 is 0 Å². The van der Waals surface area contributed by atoms with E-state index in [4.69, 9.17) is 0 Å². The zero-order chi connectivity index (χ0) is 3.98. The molecule has 1 aliphatic carbocycles. The maximum atomic E-state index is 4.31. The Morgan fingerprint density at radius 3 is 2.43 bits per heavy atom. The molecule has 0 N–H and O–H groups in total. The predicted octanol–water partition coefficient (Wildman–Crippen LogP) is 1.15. The number of piperidine rings is 1. The molecule has 0 radical (unpaired) electrons. The second-order valence-electron chi connectivity index (χ2n) is 2.26. The summed E-state index contributed by atoms with van der Waals surface area (Å²) in [6, 6.07) is 0.838. The smallest absolute Gasteiger partial charge is 0 e. The SMILES string of the molecule is C1CC2CC2[N-]1.[W]. The Balaban J connectivity index is 0.000000245. The third kappa shape index (κ3) is 0.898. The Labute approximate surface area is 58.1 Å². The van der Waals surface area contributed by atoms with Crippen LogP contribution in [0.2, 0.25) is 0 Å². The molecule has 0 aromatic carbocycles. The van der Waals surface area contributed by atoms with Gasteiger partial charge in [-0.2, -0.15) is 0 Å². The monoisotopic (exact) mass is 266 g/mol. The van der Waals surface area contributed by atoms with Gasteiger partial charge in [-0.25, -0.2) is 0 Å². The van der Waals surface area contributed by atoms with Crippen LogP contribution in [-0.2, 0) is 21.1 Å². The molecule has 0 aromatic rings. The second-order valence-corrected chi connectivity index (χ2v) is 2.26. The van der Waals surface area contributed by atoms with Crippen molar-refractivity contribution in [3.8, 4) is 0 Å². The fourth-order valence-electron chi connectivity index (χ4n) is 1.17. The molecule has 7 heavy (non-hydrogen) atoms. The van der Waals surface area contributed by atoms with E-state index in [1.165, 1.54) is 12.8 Å². The average Bonchev–Trinajstić information content (AvgIpc) is 2.17. The van der Waals surface area contributed by atoms with E-state index in [2.05, 4.69) is 5.32 Å². The number of nitrogens with zero attached hydrogens (tertiary/aromatic N) is 1. The van der Waals surface area contributed by atoms with Crippen molar-refractivity contribution in [1.29, 1.82) is 0 Å². The summed E-state index contributed by atoms with van der Waals surface area (Å²) >= 11 is 0. The molecule has 1 saturated heterocycles. The topological polar surface area (TPSA) is 14.1 Å². The minimum absolute atomic E-state index is 0. The fraction of sp³-hybridized carbons (Fsp3) is 1.00. The molecule has 2 atom stereocenters. The fourth-order valence-corrected chi connectivity index (χ4v) is 1.17. The van der Waals surface area contributed by atoms with Crippen molar-refractivity contribution in [3.63, 3.8) is 0 Å². The Kier molecular flexibility index (Phi) is 1.54. The summed E-state index contributed by atoms with van der Waals surface area (Å²) in [4.78, 5) is 0. The summed E-state index contributed by atoms with van der Waals surface area (Å²) in [6.45, 7) is 1.16. The zero-order valence-corrected chi connectivity index (χ0v) is 7.06. The van der Waals surface area contributed by atoms with Gasteiger partial charge in [-0.3, -0.25) is 0 Å². The van der Waals surface area contributed by atoms with E-state index in [1.54, 1.807) is 0 Å². The molecule has 0 aromatic heterocycles. The average molecular weight is 266 g/mol. The first-order valence-electron chi connectivity index (χ1n) is 2.63. The standard InChI is InChI=1S/C5H8N.W/c1-2-6-5-3-4(1)5;/h4-5H,1-3H2;/q-1;. The molecular formula is C5H8NW-. The second kappa shape index (κ2) is 1.87.